The Kier molecular flexibility index (Phi) is 3.91. The number of amides is 1. The van der Waals surface area contributed by atoms with E-state index in [1.165, 1.54) is 0 Å². The Morgan fingerprint density at radius 3 is 2.85 bits per heavy atom. The molecule has 6 nitrogen and oxygen atoms in total. The van der Waals surface area contributed by atoms with E-state index in [9.17, 15) is 9.18 Å². The average molecular weight is 352 g/mol. The van der Waals surface area contributed by atoms with Gasteiger partial charge in [0.25, 0.3) is 0 Å². The number of hydrogen-bond acceptors (Lipinski definition) is 5. The first-order valence-corrected chi connectivity index (χ1v) is 8.21. The zero-order valence-electron chi connectivity index (χ0n) is 14.1. The molecule has 2 aromatic heterocycles. The highest BCUT2D eigenvalue weighted by atomic mass is 19.1. The number of nitrogens with zero attached hydrogens (tertiary/aromatic N) is 2. The van der Waals surface area contributed by atoms with Crippen LogP contribution < -0.4 is 15.8 Å². The van der Waals surface area contributed by atoms with Crippen LogP contribution in [0.4, 0.5) is 16.0 Å². The van der Waals surface area contributed by atoms with Crippen molar-refractivity contribution in [3.63, 3.8) is 0 Å². The van der Waals surface area contributed by atoms with Gasteiger partial charge in [-0.15, -0.1) is 0 Å². The second kappa shape index (κ2) is 6.25. The van der Waals surface area contributed by atoms with Crippen LogP contribution >= 0.6 is 0 Å². The number of benzene rings is 1. The van der Waals surface area contributed by atoms with Gasteiger partial charge in [-0.25, -0.2) is 14.4 Å². The fourth-order valence-corrected chi connectivity index (χ4v) is 2.89. The highest BCUT2D eigenvalue weighted by Gasteiger charge is 2.43. The van der Waals surface area contributed by atoms with E-state index in [0.717, 1.165) is 10.9 Å². The number of ether oxygens (including phenoxy) is 1. The van der Waals surface area contributed by atoms with Gasteiger partial charge in [0.05, 0.1) is 18.7 Å². The number of nitrogens with two attached hydrogens (primary N) is 1. The maximum absolute atomic E-state index is 13.0. The van der Waals surface area contributed by atoms with Crippen molar-refractivity contribution in [2.45, 2.75) is 12.6 Å². The maximum Gasteiger partial charge on any atom is 0.231 e. The lowest BCUT2D eigenvalue weighted by atomic mass is 10.1. The molecule has 1 amide bonds. The van der Waals surface area contributed by atoms with E-state index in [-0.39, 0.29) is 12.3 Å². The topological polar surface area (TPSA) is 90.1 Å². The number of aromatic nitrogens is 2. The Morgan fingerprint density at radius 1 is 1.35 bits per heavy atom. The van der Waals surface area contributed by atoms with Crippen molar-refractivity contribution in [1.29, 1.82) is 0 Å². The first-order chi connectivity index (χ1) is 12.6. The van der Waals surface area contributed by atoms with Crippen LogP contribution in [0.1, 0.15) is 6.42 Å². The highest BCUT2D eigenvalue weighted by Crippen LogP contribution is 2.35. The number of rotatable bonds is 4. The molecule has 0 bridgehead atoms. The molecule has 1 aliphatic carbocycles. The fraction of sp³-hybridized carbons (Fsp3) is 0.211. The van der Waals surface area contributed by atoms with Gasteiger partial charge < -0.3 is 15.8 Å². The van der Waals surface area contributed by atoms with E-state index in [0.29, 0.717) is 28.5 Å². The summed E-state index contributed by atoms with van der Waals surface area (Å²) in [6, 6.07) is 11.1. The molecule has 3 N–H and O–H groups in total. The second-order valence-electron chi connectivity index (χ2n) is 6.23. The molecule has 1 aliphatic rings. The van der Waals surface area contributed by atoms with Crippen molar-refractivity contribution >= 4 is 28.3 Å². The molecule has 1 fully saturated rings. The summed E-state index contributed by atoms with van der Waals surface area (Å²) in [7, 11) is 1.59. The van der Waals surface area contributed by atoms with Crippen LogP contribution in [-0.4, -0.2) is 29.2 Å². The van der Waals surface area contributed by atoms with Crippen molar-refractivity contribution in [2.75, 3.05) is 18.2 Å². The molecule has 2 atom stereocenters. The number of fused-ring (bicyclic) bond motifs is 1. The molecule has 1 saturated carbocycles. The largest absolute Gasteiger partial charge is 0.496 e. The molecule has 0 aliphatic heterocycles. The lowest BCUT2D eigenvalue weighted by Gasteiger charge is -2.11. The number of alkyl halides is 1. The minimum absolute atomic E-state index is 0.272. The van der Waals surface area contributed by atoms with Gasteiger partial charge in [-0.1, -0.05) is 12.1 Å². The number of anilines is 2. The molecule has 0 radical (unpaired) electrons. The van der Waals surface area contributed by atoms with Gasteiger partial charge in [-0.05, 0) is 36.1 Å². The summed E-state index contributed by atoms with van der Waals surface area (Å²) in [5.41, 5.74) is 7.55. The Labute approximate surface area is 149 Å². The number of halogens is 1. The Morgan fingerprint density at radius 2 is 2.12 bits per heavy atom. The van der Waals surface area contributed by atoms with Crippen LogP contribution in [0, 0.1) is 5.92 Å². The SMILES string of the molecule is COc1ccccc1-c1cc2cc(NC(=O)[C@@H]3C[C@@H]3F)ncc2c(N)n1. The minimum atomic E-state index is -1.05. The molecule has 3 aromatic rings. The smallest absolute Gasteiger partial charge is 0.231 e. The predicted molar refractivity (Wildman–Crippen MR) is 97.6 cm³/mol. The lowest BCUT2D eigenvalue weighted by Crippen LogP contribution is -2.15. The third kappa shape index (κ3) is 2.92. The van der Waals surface area contributed by atoms with Crippen LogP contribution in [0.2, 0.25) is 0 Å². The number of hydrogen-bond donors (Lipinski definition) is 2. The third-order valence-electron chi connectivity index (χ3n) is 4.43. The number of pyridine rings is 2. The molecule has 2 heterocycles. The molecule has 132 valence electrons. The minimum Gasteiger partial charge on any atom is -0.496 e. The summed E-state index contributed by atoms with van der Waals surface area (Å²) in [5.74, 6) is 0.456. The van der Waals surface area contributed by atoms with Gasteiger partial charge in [-0.3, -0.25) is 4.79 Å². The van der Waals surface area contributed by atoms with E-state index in [1.54, 1.807) is 19.4 Å². The standard InChI is InChI=1S/C19H17FN4O2/c1-26-16-5-3-2-4-11(16)15-6-10-7-17(22-9-13(10)18(21)23-15)24-19(25)12-8-14(12)20/h2-7,9,12,14H,8H2,1H3,(H2,21,23)(H,22,24,25)/t12-,14+/m1/s1. The third-order valence-corrected chi connectivity index (χ3v) is 4.43. The first-order valence-electron chi connectivity index (χ1n) is 8.21. The molecule has 26 heavy (non-hydrogen) atoms. The van der Waals surface area contributed by atoms with E-state index >= 15 is 0 Å². The maximum atomic E-state index is 13.0. The molecule has 0 saturated heterocycles. The Hall–Kier alpha value is -3.22. The summed E-state index contributed by atoms with van der Waals surface area (Å²) in [4.78, 5) is 20.5. The quantitative estimate of drug-likeness (QED) is 0.753. The van der Waals surface area contributed by atoms with Gasteiger partial charge in [0.15, 0.2) is 0 Å². The molecule has 0 unspecified atom stereocenters. The molecule has 4 rings (SSSR count). The average Bonchev–Trinajstić information content (AvgIpc) is 3.38. The normalized spacial score (nSPS) is 18.5. The lowest BCUT2D eigenvalue weighted by molar-refractivity contribution is -0.117. The van der Waals surface area contributed by atoms with Crippen molar-refractivity contribution in [3.8, 4) is 17.0 Å². The zero-order valence-corrected chi connectivity index (χ0v) is 14.1. The van der Waals surface area contributed by atoms with Crippen LogP contribution in [0.5, 0.6) is 5.75 Å². The Bertz CT molecular complexity index is 1010. The van der Waals surface area contributed by atoms with Gasteiger partial charge in [0.2, 0.25) is 5.91 Å². The molecule has 1 aromatic carbocycles. The van der Waals surface area contributed by atoms with Gasteiger partial charge in [0.1, 0.15) is 23.6 Å². The van der Waals surface area contributed by atoms with Crippen LogP contribution in [0.3, 0.4) is 0 Å². The number of methoxy groups -OCH3 is 1. The van der Waals surface area contributed by atoms with Crippen molar-refractivity contribution in [3.05, 3.63) is 42.6 Å². The van der Waals surface area contributed by atoms with E-state index in [4.69, 9.17) is 10.5 Å². The summed E-state index contributed by atoms with van der Waals surface area (Å²) < 4.78 is 18.4. The van der Waals surface area contributed by atoms with Gasteiger partial charge >= 0.3 is 0 Å². The summed E-state index contributed by atoms with van der Waals surface area (Å²) in [5, 5.41) is 4.10. The number of carbonyl (C=O) groups is 1. The van der Waals surface area contributed by atoms with Crippen LogP contribution in [-0.2, 0) is 4.79 Å². The van der Waals surface area contributed by atoms with Crippen LogP contribution in [0.15, 0.2) is 42.6 Å². The predicted octanol–water partition coefficient (Wildman–Crippen LogP) is 3.18. The molecule has 0 spiro atoms. The molecular formula is C19H17FN4O2. The zero-order chi connectivity index (χ0) is 18.3. The first kappa shape index (κ1) is 16.3. The fourth-order valence-electron chi connectivity index (χ4n) is 2.89. The second-order valence-corrected chi connectivity index (χ2v) is 6.23. The number of carbonyl (C=O) groups excluding carboxylic acids is 1. The van der Waals surface area contributed by atoms with E-state index in [1.807, 2.05) is 30.3 Å². The van der Waals surface area contributed by atoms with E-state index in [2.05, 4.69) is 15.3 Å². The van der Waals surface area contributed by atoms with Crippen LogP contribution in [0.25, 0.3) is 22.0 Å². The molecular weight excluding hydrogens is 335 g/mol. The monoisotopic (exact) mass is 352 g/mol. The van der Waals surface area contributed by atoms with Gasteiger partial charge in [-0.2, -0.15) is 0 Å². The number of nitrogens with one attached hydrogen (secondary N) is 1. The summed E-state index contributed by atoms with van der Waals surface area (Å²) >= 11 is 0. The number of para-hydroxylation sites is 1. The van der Waals surface area contributed by atoms with Crippen molar-refractivity contribution in [1.82, 2.24) is 9.97 Å². The highest BCUT2D eigenvalue weighted by molar-refractivity contribution is 5.98. The van der Waals surface area contributed by atoms with Crippen molar-refractivity contribution < 1.29 is 13.9 Å². The summed E-state index contributed by atoms with van der Waals surface area (Å²) in [6.07, 6.45) is 0.778. The molecule has 7 heteroatoms. The van der Waals surface area contributed by atoms with Crippen molar-refractivity contribution in [2.24, 2.45) is 5.92 Å². The summed E-state index contributed by atoms with van der Waals surface area (Å²) in [6.45, 7) is 0. The van der Waals surface area contributed by atoms with E-state index < -0.39 is 12.1 Å². The van der Waals surface area contributed by atoms with Gasteiger partial charge in [0, 0.05) is 17.1 Å². The Balaban J connectivity index is 1.73. The number of nitrogen functional groups attached to an aromatic ring is 1.